The Labute approximate surface area is 132 Å². The Morgan fingerprint density at radius 1 is 1.27 bits per heavy atom. The van der Waals surface area contributed by atoms with Crippen LogP contribution in [0.1, 0.15) is 44.9 Å². The summed E-state index contributed by atoms with van der Waals surface area (Å²) in [4.78, 5) is 10.9. The Morgan fingerprint density at radius 3 is 2.32 bits per heavy atom. The second-order valence-electron chi connectivity index (χ2n) is 6.62. The van der Waals surface area contributed by atoms with Crippen molar-refractivity contribution in [2.24, 2.45) is 5.41 Å². The van der Waals surface area contributed by atoms with E-state index in [9.17, 15) is 13.6 Å². The molecule has 0 heterocycles. The number of carbonyl (C=O) groups is 1. The Balaban J connectivity index is 3.18. The fraction of sp³-hybridized carbons (Fsp3) is 0.562. The zero-order chi connectivity index (χ0) is 17.1. The highest BCUT2D eigenvalue weighted by Gasteiger charge is 2.31. The van der Waals surface area contributed by atoms with E-state index in [-0.39, 0.29) is 29.0 Å². The maximum atomic E-state index is 14.5. The molecule has 1 amide bonds. The maximum absolute atomic E-state index is 14.5. The fourth-order valence-electron chi connectivity index (χ4n) is 2.11. The molecule has 0 aliphatic carbocycles. The molecule has 1 radical (unpaired) electrons. The number of benzene rings is 1. The van der Waals surface area contributed by atoms with Crippen molar-refractivity contribution in [2.45, 2.75) is 53.4 Å². The Bertz CT molecular complexity index is 542. The average molecular weight is 328 g/mol. The first-order valence-corrected chi connectivity index (χ1v) is 9.63. The molecule has 0 bridgehead atoms. The molecule has 1 N–H and O–H groups in total. The van der Waals surface area contributed by atoms with Gasteiger partial charge in [-0.05, 0) is 18.5 Å². The maximum Gasteiger partial charge on any atom is 0.217 e. The molecular formula is C16H24F2NO2Si. The molecule has 0 spiro atoms. The molecular weight excluding hydrogens is 304 g/mol. The van der Waals surface area contributed by atoms with Crippen LogP contribution in [0.4, 0.5) is 8.78 Å². The molecule has 1 aromatic carbocycles. The Hall–Kier alpha value is -1.27. The third kappa shape index (κ3) is 4.88. The van der Waals surface area contributed by atoms with E-state index < -0.39 is 26.8 Å². The van der Waals surface area contributed by atoms with E-state index in [1.54, 1.807) is 6.07 Å². The summed E-state index contributed by atoms with van der Waals surface area (Å²) in [5.74, 6) is -2.11. The first kappa shape index (κ1) is 18.8. The molecule has 0 saturated carbocycles. The topological polar surface area (TPSA) is 38.3 Å². The predicted molar refractivity (Wildman–Crippen MR) is 84.6 cm³/mol. The first-order valence-electron chi connectivity index (χ1n) is 7.22. The molecule has 22 heavy (non-hydrogen) atoms. The highest BCUT2D eigenvalue weighted by Crippen LogP contribution is 2.38. The van der Waals surface area contributed by atoms with Crippen molar-refractivity contribution in [3.63, 3.8) is 0 Å². The molecule has 0 saturated heterocycles. The lowest BCUT2D eigenvalue weighted by molar-refractivity contribution is -0.119. The molecule has 1 rings (SSSR count). The van der Waals surface area contributed by atoms with Crippen molar-refractivity contribution >= 4 is 14.9 Å². The number of hydrogen-bond acceptors (Lipinski definition) is 2. The third-order valence-electron chi connectivity index (χ3n) is 3.14. The van der Waals surface area contributed by atoms with Crippen molar-refractivity contribution in [1.82, 2.24) is 5.32 Å². The van der Waals surface area contributed by atoms with Crippen LogP contribution in [0, 0.1) is 17.0 Å². The van der Waals surface area contributed by atoms with E-state index in [1.807, 2.05) is 33.9 Å². The number of amides is 1. The van der Waals surface area contributed by atoms with Crippen LogP contribution in [-0.4, -0.2) is 14.9 Å². The van der Waals surface area contributed by atoms with E-state index in [0.717, 1.165) is 0 Å². The van der Waals surface area contributed by atoms with Gasteiger partial charge in [0, 0.05) is 24.6 Å². The molecule has 0 aromatic heterocycles. The molecule has 0 fully saturated rings. The Morgan fingerprint density at radius 2 is 1.86 bits per heavy atom. The van der Waals surface area contributed by atoms with Crippen molar-refractivity contribution in [3.8, 4) is 0 Å². The summed E-state index contributed by atoms with van der Waals surface area (Å²) in [5, 5.41) is 2.47. The van der Waals surface area contributed by atoms with E-state index in [1.165, 1.54) is 13.0 Å². The van der Waals surface area contributed by atoms with Crippen LogP contribution in [0.2, 0.25) is 13.1 Å². The van der Waals surface area contributed by atoms with E-state index in [4.69, 9.17) is 4.43 Å². The smallest absolute Gasteiger partial charge is 0.217 e. The van der Waals surface area contributed by atoms with Crippen molar-refractivity contribution in [3.05, 3.63) is 34.9 Å². The lowest BCUT2D eigenvalue weighted by Crippen LogP contribution is -2.27. The normalized spacial score (nSPS) is 13.3. The highest BCUT2D eigenvalue weighted by atomic mass is 28.3. The number of hydrogen-bond donors (Lipinski definition) is 1. The zero-order valence-electron chi connectivity index (χ0n) is 14.0. The van der Waals surface area contributed by atoms with Crippen LogP contribution >= 0.6 is 0 Å². The highest BCUT2D eigenvalue weighted by molar-refractivity contribution is 6.48. The lowest BCUT2D eigenvalue weighted by atomic mass is 9.84. The van der Waals surface area contributed by atoms with Gasteiger partial charge < -0.3 is 9.74 Å². The van der Waals surface area contributed by atoms with Gasteiger partial charge in [-0.15, -0.1) is 0 Å². The lowest BCUT2D eigenvalue weighted by Gasteiger charge is -2.33. The SMILES string of the molecule is CC(=O)NCc1ccc(C(O[Si](C)C)C(C)(C)C)c(F)c1F. The third-order valence-corrected chi connectivity index (χ3v) is 3.85. The van der Waals surface area contributed by atoms with Gasteiger partial charge in [0.25, 0.3) is 0 Å². The van der Waals surface area contributed by atoms with Gasteiger partial charge in [-0.1, -0.05) is 32.9 Å². The molecule has 1 atom stereocenters. The number of rotatable bonds is 5. The van der Waals surface area contributed by atoms with E-state index in [2.05, 4.69) is 5.32 Å². The summed E-state index contributed by atoms with van der Waals surface area (Å²) < 4.78 is 34.6. The molecule has 3 nitrogen and oxygen atoms in total. The summed E-state index contributed by atoms with van der Waals surface area (Å²) in [7, 11) is -1.07. The predicted octanol–water partition coefficient (Wildman–Crippen LogP) is 3.96. The summed E-state index contributed by atoms with van der Waals surface area (Å²) in [6.45, 7) is 11.0. The number of nitrogens with one attached hydrogen (secondary N) is 1. The van der Waals surface area contributed by atoms with E-state index in [0.29, 0.717) is 0 Å². The second kappa shape index (κ2) is 7.33. The van der Waals surface area contributed by atoms with Crippen LogP contribution < -0.4 is 5.32 Å². The average Bonchev–Trinajstić information content (AvgIpc) is 2.36. The van der Waals surface area contributed by atoms with Gasteiger partial charge in [0.1, 0.15) is 0 Å². The minimum atomic E-state index is -1.07. The monoisotopic (exact) mass is 328 g/mol. The summed E-state index contributed by atoms with van der Waals surface area (Å²) in [6.07, 6.45) is -0.513. The molecule has 123 valence electrons. The summed E-state index contributed by atoms with van der Waals surface area (Å²) in [6, 6.07) is 3.06. The standard InChI is InChI=1S/C16H24F2NO2Si/c1-10(20)19-9-11-7-8-12(14(18)13(11)17)15(16(2,3)4)21-22(5)6/h7-8,15H,9H2,1-6H3,(H,19,20). The largest absolute Gasteiger partial charge is 0.410 e. The van der Waals surface area contributed by atoms with Gasteiger partial charge in [0.15, 0.2) is 11.6 Å². The zero-order valence-corrected chi connectivity index (χ0v) is 15.0. The second-order valence-corrected chi connectivity index (χ2v) is 8.68. The van der Waals surface area contributed by atoms with Gasteiger partial charge in [-0.3, -0.25) is 4.79 Å². The van der Waals surface area contributed by atoms with Gasteiger partial charge >= 0.3 is 0 Å². The number of carbonyl (C=O) groups excluding carboxylic acids is 1. The molecule has 1 unspecified atom stereocenters. The Kier molecular flexibility index (Phi) is 6.25. The van der Waals surface area contributed by atoms with Gasteiger partial charge in [0.05, 0.1) is 6.10 Å². The molecule has 0 aliphatic heterocycles. The van der Waals surface area contributed by atoms with Crippen molar-refractivity contribution in [2.75, 3.05) is 0 Å². The molecule has 1 aromatic rings. The van der Waals surface area contributed by atoms with Crippen LogP contribution in [0.3, 0.4) is 0 Å². The fourth-order valence-corrected chi connectivity index (χ4v) is 3.06. The van der Waals surface area contributed by atoms with Gasteiger partial charge in [-0.2, -0.15) is 0 Å². The first-order chi connectivity index (χ1) is 10.0. The van der Waals surface area contributed by atoms with Crippen molar-refractivity contribution in [1.29, 1.82) is 0 Å². The van der Waals surface area contributed by atoms with Crippen molar-refractivity contribution < 1.29 is 18.0 Å². The quantitative estimate of drug-likeness (QED) is 0.831. The van der Waals surface area contributed by atoms with Crippen LogP contribution in [0.15, 0.2) is 12.1 Å². The minimum absolute atomic E-state index is 0.0317. The summed E-state index contributed by atoms with van der Waals surface area (Å²) in [5.41, 5.74) is -0.000578. The van der Waals surface area contributed by atoms with Crippen LogP contribution in [0.5, 0.6) is 0 Å². The number of halogens is 2. The van der Waals surface area contributed by atoms with E-state index >= 15 is 0 Å². The minimum Gasteiger partial charge on any atom is -0.410 e. The van der Waals surface area contributed by atoms with Gasteiger partial charge in [0.2, 0.25) is 14.9 Å². The molecule has 6 heteroatoms. The summed E-state index contributed by atoms with van der Waals surface area (Å²) >= 11 is 0. The molecule has 0 aliphatic rings. The van der Waals surface area contributed by atoms with Gasteiger partial charge in [-0.25, -0.2) is 8.78 Å². The van der Waals surface area contributed by atoms with Crippen LogP contribution in [0.25, 0.3) is 0 Å². The van der Waals surface area contributed by atoms with Crippen LogP contribution in [-0.2, 0) is 15.8 Å².